The van der Waals surface area contributed by atoms with Crippen LogP contribution in [0.15, 0.2) is 84.9 Å². The third-order valence-electron chi connectivity index (χ3n) is 6.20. The molecule has 4 nitrogen and oxygen atoms in total. The summed E-state index contributed by atoms with van der Waals surface area (Å²) in [5.74, 6) is -3.92. The summed E-state index contributed by atoms with van der Waals surface area (Å²) in [7, 11) is 0. The number of hydrogen-bond donors (Lipinski definition) is 1. The van der Waals surface area contributed by atoms with Gasteiger partial charge in [0.2, 0.25) is 0 Å². The minimum atomic E-state index is -1.61. The number of aliphatic hydroxyl groups is 1. The lowest BCUT2D eigenvalue weighted by molar-refractivity contribution is -0.134. The Labute approximate surface area is 191 Å². The van der Waals surface area contributed by atoms with Gasteiger partial charge in [-0.15, -0.1) is 0 Å². The van der Waals surface area contributed by atoms with E-state index in [4.69, 9.17) is 11.6 Å². The Morgan fingerprint density at radius 2 is 1.34 bits per heavy atom. The number of hydrogen-bond acceptors (Lipinski definition) is 4. The molecule has 0 amide bonds. The monoisotopic (exact) mass is 446 g/mol. The van der Waals surface area contributed by atoms with Gasteiger partial charge in [0.1, 0.15) is 5.78 Å². The third kappa shape index (κ3) is 4.16. The van der Waals surface area contributed by atoms with Crippen LogP contribution in [0, 0.1) is 11.8 Å². The topological polar surface area (TPSA) is 71.4 Å². The summed E-state index contributed by atoms with van der Waals surface area (Å²) in [6, 6.07) is 24.0. The highest BCUT2D eigenvalue weighted by molar-refractivity contribution is 6.30. The van der Waals surface area contributed by atoms with Gasteiger partial charge >= 0.3 is 0 Å². The zero-order valence-electron chi connectivity index (χ0n) is 17.6. The molecule has 3 aromatic carbocycles. The lowest BCUT2D eigenvalue weighted by atomic mass is 9.58. The zero-order chi connectivity index (χ0) is 22.9. The SMILES string of the molecule is C[C@]1(O)CC(=O)[C@H](C(=O)c2ccccc2)[C@H](c2ccc(Cl)cc2)[C@@H]1C(=O)c1ccccc1. The van der Waals surface area contributed by atoms with E-state index < -0.39 is 23.4 Å². The van der Waals surface area contributed by atoms with Crippen LogP contribution in [-0.4, -0.2) is 28.1 Å². The maximum absolute atomic E-state index is 13.7. The normalized spacial score (nSPS) is 25.3. The number of carbonyl (C=O) groups excluding carboxylic acids is 3. The van der Waals surface area contributed by atoms with Crippen LogP contribution in [0.3, 0.4) is 0 Å². The van der Waals surface area contributed by atoms with Gasteiger partial charge in [0.05, 0.1) is 17.4 Å². The van der Waals surface area contributed by atoms with Gasteiger partial charge in [-0.3, -0.25) is 14.4 Å². The quantitative estimate of drug-likeness (QED) is 0.435. The molecule has 5 heteroatoms. The van der Waals surface area contributed by atoms with Gasteiger partial charge in [-0.25, -0.2) is 0 Å². The molecule has 1 aliphatic carbocycles. The molecule has 4 atom stereocenters. The maximum atomic E-state index is 13.7. The van der Waals surface area contributed by atoms with Crippen molar-refractivity contribution in [3.8, 4) is 0 Å². The van der Waals surface area contributed by atoms with E-state index in [1.54, 1.807) is 84.9 Å². The summed E-state index contributed by atoms with van der Waals surface area (Å²) < 4.78 is 0. The van der Waals surface area contributed by atoms with Gasteiger partial charge in [-0.1, -0.05) is 84.4 Å². The molecule has 0 saturated heterocycles. The zero-order valence-corrected chi connectivity index (χ0v) is 18.3. The number of benzene rings is 3. The number of carbonyl (C=O) groups is 3. The molecule has 1 saturated carbocycles. The van der Waals surface area contributed by atoms with E-state index in [0.717, 1.165) is 0 Å². The largest absolute Gasteiger partial charge is 0.389 e. The minimum Gasteiger partial charge on any atom is -0.389 e. The highest BCUT2D eigenvalue weighted by Gasteiger charge is 2.55. The molecule has 1 N–H and O–H groups in total. The van der Waals surface area contributed by atoms with Crippen molar-refractivity contribution in [2.75, 3.05) is 0 Å². The molecule has 32 heavy (non-hydrogen) atoms. The van der Waals surface area contributed by atoms with Gasteiger partial charge in [0, 0.05) is 28.5 Å². The highest BCUT2D eigenvalue weighted by Crippen LogP contribution is 2.48. The Kier molecular flexibility index (Phi) is 6.09. The Morgan fingerprint density at radius 3 is 1.88 bits per heavy atom. The van der Waals surface area contributed by atoms with Crippen molar-refractivity contribution in [3.63, 3.8) is 0 Å². The summed E-state index contributed by atoms with van der Waals surface area (Å²) >= 11 is 6.07. The standard InChI is InChI=1S/C27H23ClO4/c1-27(32)16-21(29)23(25(30)18-8-4-2-5-9-18)22(17-12-14-20(28)15-13-17)24(27)26(31)19-10-6-3-7-11-19/h2-15,22-24,32H,16H2,1H3/t22-,23-,24+,27-/m0/s1. The molecule has 0 bridgehead atoms. The van der Waals surface area contributed by atoms with Crippen LogP contribution < -0.4 is 0 Å². The first kappa shape index (κ1) is 22.1. The van der Waals surface area contributed by atoms with E-state index in [1.807, 2.05) is 0 Å². The molecule has 4 rings (SSSR count). The lowest BCUT2D eigenvalue weighted by Crippen LogP contribution is -2.54. The first-order valence-electron chi connectivity index (χ1n) is 10.5. The second kappa shape index (κ2) is 8.81. The first-order chi connectivity index (χ1) is 15.3. The maximum Gasteiger partial charge on any atom is 0.173 e. The Morgan fingerprint density at radius 1 is 0.844 bits per heavy atom. The van der Waals surface area contributed by atoms with Crippen molar-refractivity contribution in [1.29, 1.82) is 0 Å². The number of halogens is 1. The summed E-state index contributed by atoms with van der Waals surface area (Å²) in [6.07, 6.45) is -0.274. The van der Waals surface area contributed by atoms with E-state index in [2.05, 4.69) is 0 Å². The van der Waals surface area contributed by atoms with Crippen molar-refractivity contribution in [1.82, 2.24) is 0 Å². The predicted molar refractivity (Wildman–Crippen MR) is 123 cm³/mol. The van der Waals surface area contributed by atoms with Crippen molar-refractivity contribution in [2.24, 2.45) is 11.8 Å². The van der Waals surface area contributed by atoms with E-state index in [1.165, 1.54) is 6.92 Å². The van der Waals surface area contributed by atoms with E-state index >= 15 is 0 Å². The summed E-state index contributed by atoms with van der Waals surface area (Å²) in [5, 5.41) is 11.8. The summed E-state index contributed by atoms with van der Waals surface area (Å²) in [5.41, 5.74) is -0.164. The van der Waals surface area contributed by atoms with E-state index in [0.29, 0.717) is 21.7 Å². The van der Waals surface area contributed by atoms with Crippen molar-refractivity contribution in [3.05, 3.63) is 107 Å². The molecule has 0 aliphatic heterocycles. The second-order valence-electron chi connectivity index (χ2n) is 8.49. The molecule has 0 radical (unpaired) electrons. The first-order valence-corrected chi connectivity index (χ1v) is 10.9. The molecule has 0 heterocycles. The molecule has 0 aromatic heterocycles. The highest BCUT2D eigenvalue weighted by atomic mass is 35.5. The summed E-state index contributed by atoms with van der Waals surface area (Å²) in [6.45, 7) is 1.50. The third-order valence-corrected chi connectivity index (χ3v) is 6.46. The van der Waals surface area contributed by atoms with Gasteiger partial charge in [0.15, 0.2) is 11.6 Å². The number of rotatable bonds is 5. The molecule has 3 aromatic rings. The van der Waals surface area contributed by atoms with Gasteiger partial charge in [0.25, 0.3) is 0 Å². The molecular formula is C27H23ClO4. The lowest BCUT2D eigenvalue weighted by Gasteiger charge is -2.45. The fraction of sp³-hybridized carbons (Fsp3) is 0.222. The number of ketones is 3. The average molecular weight is 447 g/mol. The molecule has 162 valence electrons. The fourth-order valence-electron chi connectivity index (χ4n) is 4.74. The van der Waals surface area contributed by atoms with Crippen LogP contribution in [0.1, 0.15) is 45.5 Å². The molecule has 1 aliphatic rings. The van der Waals surface area contributed by atoms with Gasteiger partial charge in [-0.05, 0) is 24.6 Å². The van der Waals surface area contributed by atoms with Gasteiger partial charge in [-0.2, -0.15) is 0 Å². The predicted octanol–water partition coefficient (Wildman–Crippen LogP) is 5.15. The second-order valence-corrected chi connectivity index (χ2v) is 8.93. The van der Waals surface area contributed by atoms with Crippen LogP contribution in [0.5, 0.6) is 0 Å². The summed E-state index contributed by atoms with van der Waals surface area (Å²) in [4.78, 5) is 40.5. The molecule has 0 unspecified atom stereocenters. The van der Waals surface area contributed by atoms with Crippen LogP contribution in [0.2, 0.25) is 5.02 Å². The van der Waals surface area contributed by atoms with E-state index in [9.17, 15) is 19.5 Å². The van der Waals surface area contributed by atoms with Crippen LogP contribution >= 0.6 is 11.6 Å². The molecule has 0 spiro atoms. The Balaban J connectivity index is 1.89. The van der Waals surface area contributed by atoms with Gasteiger partial charge < -0.3 is 5.11 Å². The van der Waals surface area contributed by atoms with Crippen molar-refractivity contribution < 1.29 is 19.5 Å². The van der Waals surface area contributed by atoms with Crippen molar-refractivity contribution >= 4 is 29.0 Å². The smallest absolute Gasteiger partial charge is 0.173 e. The molecular weight excluding hydrogens is 424 g/mol. The van der Waals surface area contributed by atoms with Crippen LogP contribution in [0.4, 0.5) is 0 Å². The minimum absolute atomic E-state index is 0.274. The Hall–Kier alpha value is -3.08. The van der Waals surface area contributed by atoms with Crippen LogP contribution in [-0.2, 0) is 4.79 Å². The van der Waals surface area contributed by atoms with E-state index in [-0.39, 0.29) is 23.8 Å². The van der Waals surface area contributed by atoms with Crippen molar-refractivity contribution in [2.45, 2.75) is 24.9 Å². The molecule has 1 fully saturated rings. The Bertz CT molecular complexity index is 1140. The van der Waals surface area contributed by atoms with Crippen LogP contribution in [0.25, 0.3) is 0 Å². The number of Topliss-reactive ketones (excluding diaryl/α,β-unsaturated/α-hetero) is 3. The fourth-order valence-corrected chi connectivity index (χ4v) is 4.87. The average Bonchev–Trinajstić information content (AvgIpc) is 2.79.